The Morgan fingerprint density at radius 2 is 2.00 bits per heavy atom. The van der Waals surface area contributed by atoms with Crippen molar-refractivity contribution >= 4 is 5.91 Å². The number of likely N-dealkylation sites (tertiary alicyclic amines) is 1. The summed E-state index contributed by atoms with van der Waals surface area (Å²) in [4.78, 5) is 25.2. The highest BCUT2D eigenvalue weighted by atomic mass is 19.4. The number of nitrogens with zero attached hydrogens (tertiary/aromatic N) is 3. The summed E-state index contributed by atoms with van der Waals surface area (Å²) < 4.78 is 51.7. The number of aromatic nitrogens is 2. The van der Waals surface area contributed by atoms with Crippen molar-refractivity contribution < 1.29 is 27.4 Å². The highest BCUT2D eigenvalue weighted by Crippen LogP contribution is 2.35. The quantitative estimate of drug-likeness (QED) is 0.595. The lowest BCUT2D eigenvalue weighted by molar-refractivity contribution is -0.137. The van der Waals surface area contributed by atoms with Gasteiger partial charge in [0.25, 0.3) is 0 Å². The molecule has 0 spiro atoms. The maximum absolute atomic E-state index is 13.2. The molecule has 1 aliphatic carbocycles. The van der Waals surface area contributed by atoms with E-state index < -0.39 is 11.7 Å². The van der Waals surface area contributed by atoms with E-state index in [1.807, 2.05) is 4.90 Å². The smallest absolute Gasteiger partial charge is 0.381 e. The minimum absolute atomic E-state index is 0.0864. The third-order valence-corrected chi connectivity index (χ3v) is 8.39. The predicted octanol–water partition coefficient (Wildman–Crippen LogP) is 2.84. The van der Waals surface area contributed by atoms with Crippen LogP contribution in [0.2, 0.25) is 0 Å². The molecule has 1 aromatic carbocycles. The molecule has 206 valence electrons. The third-order valence-electron chi connectivity index (χ3n) is 8.39. The van der Waals surface area contributed by atoms with Gasteiger partial charge in [-0.05, 0) is 55.4 Å². The van der Waals surface area contributed by atoms with Gasteiger partial charge >= 0.3 is 6.18 Å². The molecule has 2 saturated heterocycles. The highest BCUT2D eigenvalue weighted by Gasteiger charge is 2.41. The second-order valence-corrected chi connectivity index (χ2v) is 10.9. The second kappa shape index (κ2) is 10.6. The molecule has 2 unspecified atom stereocenters. The van der Waals surface area contributed by atoms with Gasteiger partial charge in [0.05, 0.1) is 36.3 Å². The molecule has 0 bridgehead atoms. The number of hydrogen-bond acceptors (Lipinski definition) is 6. The fraction of sp³-hybridized carbons (Fsp3) is 0.630. The molecule has 2 fully saturated rings. The van der Waals surface area contributed by atoms with Crippen LogP contribution in [0.25, 0.3) is 0 Å². The number of aromatic amines is 1. The van der Waals surface area contributed by atoms with Gasteiger partial charge < -0.3 is 19.8 Å². The topological polar surface area (TPSA) is 82.7 Å². The first-order valence-corrected chi connectivity index (χ1v) is 13.5. The molecule has 11 heteroatoms. The highest BCUT2D eigenvalue weighted by molar-refractivity contribution is 5.78. The zero-order chi connectivity index (χ0) is 26.3. The summed E-state index contributed by atoms with van der Waals surface area (Å²) in [7, 11) is 0. The fourth-order valence-corrected chi connectivity index (χ4v) is 6.38. The first-order valence-electron chi connectivity index (χ1n) is 13.5. The minimum atomic E-state index is -4.38. The number of fused-ring (bicyclic) bond motifs is 2. The van der Waals surface area contributed by atoms with Crippen molar-refractivity contribution in [3.63, 3.8) is 0 Å². The number of carbonyl (C=O) groups excluding carboxylic acids is 1. The maximum atomic E-state index is 13.2. The number of benzene rings is 1. The maximum Gasteiger partial charge on any atom is 0.416 e. The van der Waals surface area contributed by atoms with E-state index in [1.165, 1.54) is 6.07 Å². The van der Waals surface area contributed by atoms with Crippen LogP contribution in [-0.4, -0.2) is 83.3 Å². The predicted molar refractivity (Wildman–Crippen MR) is 132 cm³/mol. The number of alkyl halides is 3. The SMILES string of the molecule is O=C(CN1CCc2ccc(C(F)(F)F)cc2C1)NC1CN(C2CCOCC2)C[C@@H]1OC1CCc2[nH]cnc21. The normalized spacial score (nSPS) is 26.9. The third kappa shape index (κ3) is 5.47. The Labute approximate surface area is 219 Å². The number of rotatable bonds is 6. The Morgan fingerprint density at radius 1 is 1.16 bits per heavy atom. The zero-order valence-corrected chi connectivity index (χ0v) is 21.3. The summed E-state index contributed by atoms with van der Waals surface area (Å²) in [5.41, 5.74) is 3.00. The van der Waals surface area contributed by atoms with E-state index in [-0.39, 0.29) is 30.7 Å². The average molecular weight is 534 g/mol. The van der Waals surface area contributed by atoms with Gasteiger partial charge in [-0.2, -0.15) is 13.2 Å². The molecular weight excluding hydrogens is 499 g/mol. The Kier molecular flexibility index (Phi) is 7.19. The van der Waals surface area contributed by atoms with Gasteiger partial charge in [0.15, 0.2) is 0 Å². The molecule has 0 radical (unpaired) electrons. The van der Waals surface area contributed by atoms with Crippen LogP contribution in [0.3, 0.4) is 0 Å². The summed E-state index contributed by atoms with van der Waals surface area (Å²) in [6.45, 7) is 4.04. The van der Waals surface area contributed by atoms with Crippen LogP contribution < -0.4 is 5.32 Å². The van der Waals surface area contributed by atoms with Crippen molar-refractivity contribution in [2.24, 2.45) is 0 Å². The summed E-state index contributed by atoms with van der Waals surface area (Å²) >= 11 is 0. The van der Waals surface area contributed by atoms with Crippen LogP contribution in [0.1, 0.15) is 53.4 Å². The van der Waals surface area contributed by atoms with Crippen molar-refractivity contribution in [3.8, 4) is 0 Å². The van der Waals surface area contributed by atoms with Crippen LogP contribution in [-0.2, 0) is 39.8 Å². The molecule has 1 amide bonds. The molecule has 4 aliphatic rings. The van der Waals surface area contributed by atoms with Gasteiger partial charge in [0, 0.05) is 51.1 Å². The molecule has 2 N–H and O–H groups in total. The summed E-state index contributed by atoms with van der Waals surface area (Å²) in [6, 6.07) is 4.16. The van der Waals surface area contributed by atoms with Gasteiger partial charge in [-0.1, -0.05) is 6.07 Å². The first kappa shape index (κ1) is 25.8. The number of H-pyrrole nitrogens is 1. The number of imidazole rings is 1. The monoisotopic (exact) mass is 533 g/mol. The van der Waals surface area contributed by atoms with Crippen molar-refractivity contribution in [1.29, 1.82) is 0 Å². The van der Waals surface area contributed by atoms with Crippen molar-refractivity contribution in [1.82, 2.24) is 25.1 Å². The van der Waals surface area contributed by atoms with Gasteiger partial charge in [0.2, 0.25) is 5.91 Å². The van der Waals surface area contributed by atoms with Gasteiger partial charge in [-0.15, -0.1) is 0 Å². The average Bonchev–Trinajstić information content (AvgIpc) is 3.62. The molecule has 3 aliphatic heterocycles. The van der Waals surface area contributed by atoms with Crippen molar-refractivity contribution in [3.05, 3.63) is 52.6 Å². The first-order chi connectivity index (χ1) is 18.3. The van der Waals surface area contributed by atoms with E-state index >= 15 is 0 Å². The minimum Gasteiger partial charge on any atom is -0.381 e. The number of aryl methyl sites for hydroxylation is 1. The molecule has 38 heavy (non-hydrogen) atoms. The van der Waals surface area contributed by atoms with E-state index in [0.717, 1.165) is 68.5 Å². The van der Waals surface area contributed by atoms with Crippen LogP contribution >= 0.6 is 0 Å². The lowest BCUT2D eigenvalue weighted by Crippen LogP contribution is -2.48. The largest absolute Gasteiger partial charge is 0.416 e. The Morgan fingerprint density at radius 3 is 2.82 bits per heavy atom. The number of amides is 1. The number of ether oxygens (including phenoxy) is 2. The molecule has 1 aromatic heterocycles. The number of hydrogen-bond donors (Lipinski definition) is 2. The molecule has 6 rings (SSSR count). The van der Waals surface area contributed by atoms with Crippen LogP contribution in [0.4, 0.5) is 13.2 Å². The lowest BCUT2D eigenvalue weighted by Gasteiger charge is -2.31. The molecule has 4 heterocycles. The fourth-order valence-electron chi connectivity index (χ4n) is 6.38. The molecule has 2 aromatic rings. The Hall–Kier alpha value is -2.47. The number of nitrogens with one attached hydrogen (secondary N) is 2. The summed E-state index contributed by atoms with van der Waals surface area (Å²) in [5, 5.41) is 3.21. The van der Waals surface area contributed by atoms with E-state index in [0.29, 0.717) is 37.7 Å². The van der Waals surface area contributed by atoms with Crippen molar-refractivity contribution in [2.45, 2.75) is 69.1 Å². The molecule has 8 nitrogen and oxygen atoms in total. The van der Waals surface area contributed by atoms with Crippen molar-refractivity contribution in [2.75, 3.05) is 39.4 Å². The number of halogens is 3. The van der Waals surface area contributed by atoms with Gasteiger partial charge in [-0.3, -0.25) is 14.6 Å². The summed E-state index contributed by atoms with van der Waals surface area (Å²) in [5.74, 6) is -0.125. The van der Waals surface area contributed by atoms with E-state index in [4.69, 9.17) is 9.47 Å². The van der Waals surface area contributed by atoms with E-state index in [9.17, 15) is 18.0 Å². The van der Waals surface area contributed by atoms with Crippen LogP contribution in [0.15, 0.2) is 24.5 Å². The number of carbonyl (C=O) groups is 1. The van der Waals surface area contributed by atoms with Gasteiger partial charge in [0.1, 0.15) is 6.10 Å². The Balaban J connectivity index is 1.10. The van der Waals surface area contributed by atoms with Crippen LogP contribution in [0.5, 0.6) is 0 Å². The Bertz CT molecular complexity index is 1150. The zero-order valence-electron chi connectivity index (χ0n) is 21.3. The van der Waals surface area contributed by atoms with E-state index in [1.54, 1.807) is 12.4 Å². The van der Waals surface area contributed by atoms with Crippen LogP contribution in [0, 0.1) is 0 Å². The molecule has 3 atom stereocenters. The summed E-state index contributed by atoms with van der Waals surface area (Å²) in [6.07, 6.45) is 1.41. The molecule has 0 saturated carbocycles. The standard InChI is InChI=1S/C27H34F3N5O3/c28-27(29,30)19-2-1-17-5-8-34(12-18(17)11-19)15-25(36)33-22-13-35(20-6-9-37-10-7-20)14-24(22)38-23-4-3-21-26(23)32-16-31-21/h1-2,11,16,20,22-24H,3-10,12-15H2,(H,31,32)(H,33,36)/t22?,23?,24-/m0/s1. The molecular formula is C27H34F3N5O3. The lowest BCUT2D eigenvalue weighted by atomic mass is 9.97. The van der Waals surface area contributed by atoms with E-state index in [2.05, 4.69) is 20.2 Å². The van der Waals surface area contributed by atoms with Gasteiger partial charge in [-0.25, -0.2) is 4.98 Å². The second-order valence-electron chi connectivity index (χ2n) is 10.9.